The molecule has 0 radical (unpaired) electrons. The Morgan fingerprint density at radius 2 is 2.23 bits per heavy atom. The van der Waals surface area contributed by atoms with Gasteiger partial charge >= 0.3 is 5.97 Å². The van der Waals surface area contributed by atoms with E-state index in [4.69, 9.17) is 10.4 Å². The first-order chi connectivity index (χ1) is 6.00. The fraction of sp³-hybridized carbons (Fsp3) is 0.800. The van der Waals surface area contributed by atoms with E-state index >= 15 is 0 Å². The van der Waals surface area contributed by atoms with Crippen LogP contribution in [0.15, 0.2) is 0 Å². The van der Waals surface area contributed by atoms with Gasteiger partial charge in [0.2, 0.25) is 0 Å². The summed E-state index contributed by atoms with van der Waals surface area (Å²) in [6, 6.07) is 2.13. The number of carbonyl (C=O) groups is 1. The number of carboxylic acids is 1. The van der Waals surface area contributed by atoms with Crippen molar-refractivity contribution in [2.45, 2.75) is 33.1 Å². The predicted molar refractivity (Wildman–Crippen MR) is 47.9 cm³/mol. The van der Waals surface area contributed by atoms with Crippen molar-refractivity contribution < 1.29 is 9.90 Å². The SMILES string of the molecule is CC1(C)C(CC#N)CCC1C(=O)O. The Bertz CT molecular complexity index is 252. The van der Waals surface area contributed by atoms with Crippen molar-refractivity contribution in [3.8, 4) is 6.07 Å². The van der Waals surface area contributed by atoms with E-state index in [0.29, 0.717) is 12.8 Å². The Labute approximate surface area is 78.4 Å². The molecule has 0 heterocycles. The van der Waals surface area contributed by atoms with E-state index in [1.807, 2.05) is 13.8 Å². The van der Waals surface area contributed by atoms with Crippen LogP contribution in [0.25, 0.3) is 0 Å². The number of nitrogens with zero attached hydrogens (tertiary/aromatic N) is 1. The van der Waals surface area contributed by atoms with Gasteiger partial charge in [0.05, 0.1) is 12.0 Å². The Morgan fingerprint density at radius 1 is 1.62 bits per heavy atom. The standard InChI is InChI=1S/C10H15NO2/c1-10(2)7(5-6-11)3-4-8(10)9(12)13/h7-8H,3-5H2,1-2H3,(H,12,13). The summed E-state index contributed by atoms with van der Waals surface area (Å²) >= 11 is 0. The van der Waals surface area contributed by atoms with E-state index in [1.54, 1.807) is 0 Å². The largest absolute Gasteiger partial charge is 0.481 e. The van der Waals surface area contributed by atoms with Crippen LogP contribution >= 0.6 is 0 Å². The van der Waals surface area contributed by atoms with Gasteiger partial charge in [0.15, 0.2) is 0 Å². The third-order valence-electron chi connectivity index (χ3n) is 3.39. The van der Waals surface area contributed by atoms with Crippen LogP contribution in [-0.2, 0) is 4.79 Å². The molecule has 1 fully saturated rings. The molecule has 2 atom stereocenters. The Kier molecular flexibility index (Phi) is 2.60. The van der Waals surface area contributed by atoms with Crippen LogP contribution in [0.4, 0.5) is 0 Å². The molecule has 0 aromatic heterocycles. The predicted octanol–water partition coefficient (Wildman–Crippen LogP) is 2.04. The van der Waals surface area contributed by atoms with Crippen molar-refractivity contribution in [1.82, 2.24) is 0 Å². The molecule has 0 saturated heterocycles. The van der Waals surface area contributed by atoms with Crippen LogP contribution in [0.5, 0.6) is 0 Å². The maximum Gasteiger partial charge on any atom is 0.307 e. The van der Waals surface area contributed by atoms with E-state index in [0.717, 1.165) is 6.42 Å². The van der Waals surface area contributed by atoms with Crippen molar-refractivity contribution in [3.63, 3.8) is 0 Å². The van der Waals surface area contributed by atoms with Crippen molar-refractivity contribution in [2.75, 3.05) is 0 Å². The molecular formula is C10H15NO2. The molecule has 0 aliphatic heterocycles. The lowest BCUT2D eigenvalue weighted by Crippen LogP contribution is -2.30. The normalized spacial score (nSPS) is 31.2. The molecule has 13 heavy (non-hydrogen) atoms. The monoisotopic (exact) mass is 181 g/mol. The smallest absolute Gasteiger partial charge is 0.307 e. The zero-order valence-corrected chi connectivity index (χ0v) is 8.08. The molecule has 3 nitrogen and oxygen atoms in total. The maximum atomic E-state index is 10.9. The van der Waals surface area contributed by atoms with Gasteiger partial charge in [-0.15, -0.1) is 0 Å². The second-order valence-electron chi connectivity index (χ2n) is 4.35. The lowest BCUT2D eigenvalue weighted by Gasteiger charge is -2.29. The van der Waals surface area contributed by atoms with Crippen LogP contribution in [0.1, 0.15) is 33.1 Å². The third kappa shape index (κ3) is 1.67. The molecule has 3 heteroatoms. The van der Waals surface area contributed by atoms with Crippen LogP contribution < -0.4 is 0 Å². The van der Waals surface area contributed by atoms with Crippen LogP contribution in [0.2, 0.25) is 0 Å². The summed E-state index contributed by atoms with van der Waals surface area (Å²) in [5, 5.41) is 17.5. The van der Waals surface area contributed by atoms with Crippen LogP contribution in [0, 0.1) is 28.6 Å². The van der Waals surface area contributed by atoms with Crippen LogP contribution in [0.3, 0.4) is 0 Å². The van der Waals surface area contributed by atoms with Crippen molar-refractivity contribution >= 4 is 5.97 Å². The number of nitriles is 1. The van der Waals surface area contributed by atoms with E-state index in [-0.39, 0.29) is 17.3 Å². The molecule has 0 amide bonds. The minimum Gasteiger partial charge on any atom is -0.481 e. The van der Waals surface area contributed by atoms with E-state index in [9.17, 15) is 4.79 Å². The van der Waals surface area contributed by atoms with Crippen molar-refractivity contribution in [1.29, 1.82) is 5.26 Å². The molecule has 1 N–H and O–H groups in total. The first-order valence-corrected chi connectivity index (χ1v) is 4.60. The fourth-order valence-corrected chi connectivity index (χ4v) is 2.31. The minimum atomic E-state index is -0.717. The average Bonchev–Trinajstić information content (AvgIpc) is 2.28. The number of carboxylic acid groups (broad SMARTS) is 1. The third-order valence-corrected chi connectivity index (χ3v) is 3.39. The molecule has 72 valence electrons. The van der Waals surface area contributed by atoms with E-state index in [1.165, 1.54) is 0 Å². The number of hydrogen-bond donors (Lipinski definition) is 1. The first kappa shape index (κ1) is 10.0. The molecular weight excluding hydrogens is 166 g/mol. The molecule has 0 aromatic rings. The zero-order chi connectivity index (χ0) is 10.1. The van der Waals surface area contributed by atoms with Crippen LogP contribution in [-0.4, -0.2) is 11.1 Å². The summed E-state index contributed by atoms with van der Waals surface area (Å²) in [6.07, 6.45) is 2.07. The number of rotatable bonds is 2. The Hall–Kier alpha value is -1.04. The highest BCUT2D eigenvalue weighted by Gasteiger charge is 2.46. The summed E-state index contributed by atoms with van der Waals surface area (Å²) in [5.41, 5.74) is -0.221. The van der Waals surface area contributed by atoms with Gasteiger partial charge in [0.1, 0.15) is 0 Å². The molecule has 1 rings (SSSR count). The lowest BCUT2D eigenvalue weighted by atomic mass is 9.74. The first-order valence-electron chi connectivity index (χ1n) is 4.60. The maximum absolute atomic E-state index is 10.9. The molecule has 1 aliphatic carbocycles. The summed E-state index contributed by atoms with van der Waals surface area (Å²) in [7, 11) is 0. The van der Waals surface area contributed by atoms with Gasteiger partial charge in [-0.2, -0.15) is 5.26 Å². The van der Waals surface area contributed by atoms with E-state index in [2.05, 4.69) is 6.07 Å². The number of hydrogen-bond acceptors (Lipinski definition) is 2. The van der Waals surface area contributed by atoms with Crippen molar-refractivity contribution in [3.05, 3.63) is 0 Å². The minimum absolute atomic E-state index is 0.221. The Morgan fingerprint density at radius 3 is 2.62 bits per heavy atom. The molecule has 0 bridgehead atoms. The van der Waals surface area contributed by atoms with Gasteiger partial charge in [-0.3, -0.25) is 4.79 Å². The average molecular weight is 181 g/mol. The van der Waals surface area contributed by atoms with Gasteiger partial charge in [0, 0.05) is 6.42 Å². The summed E-state index contributed by atoms with van der Waals surface area (Å²) in [6.45, 7) is 3.92. The van der Waals surface area contributed by atoms with E-state index < -0.39 is 5.97 Å². The summed E-state index contributed by atoms with van der Waals surface area (Å²) in [5.74, 6) is -0.741. The van der Waals surface area contributed by atoms with Gasteiger partial charge in [0.25, 0.3) is 0 Å². The number of aliphatic carboxylic acids is 1. The summed E-state index contributed by atoms with van der Waals surface area (Å²) < 4.78 is 0. The second-order valence-corrected chi connectivity index (χ2v) is 4.35. The molecule has 0 aromatic carbocycles. The molecule has 0 spiro atoms. The van der Waals surface area contributed by atoms with Gasteiger partial charge in [-0.1, -0.05) is 13.8 Å². The van der Waals surface area contributed by atoms with Gasteiger partial charge in [-0.05, 0) is 24.2 Å². The topological polar surface area (TPSA) is 61.1 Å². The molecule has 1 aliphatic rings. The fourth-order valence-electron chi connectivity index (χ4n) is 2.31. The van der Waals surface area contributed by atoms with Gasteiger partial charge in [-0.25, -0.2) is 0 Å². The molecule has 2 unspecified atom stereocenters. The quantitative estimate of drug-likeness (QED) is 0.709. The highest BCUT2D eigenvalue weighted by Crippen LogP contribution is 2.48. The Balaban J connectivity index is 2.77. The lowest BCUT2D eigenvalue weighted by molar-refractivity contribution is -0.145. The zero-order valence-electron chi connectivity index (χ0n) is 8.08. The highest BCUT2D eigenvalue weighted by atomic mass is 16.4. The molecule has 1 saturated carbocycles. The summed E-state index contributed by atoms with van der Waals surface area (Å²) in [4.78, 5) is 10.9. The van der Waals surface area contributed by atoms with Crippen molar-refractivity contribution in [2.24, 2.45) is 17.3 Å². The highest BCUT2D eigenvalue weighted by molar-refractivity contribution is 5.71. The van der Waals surface area contributed by atoms with Gasteiger partial charge < -0.3 is 5.11 Å². The second kappa shape index (κ2) is 3.37.